The first-order valence-electron chi connectivity index (χ1n) is 6.50. The van der Waals surface area contributed by atoms with Crippen LogP contribution in [0.15, 0.2) is 17.0 Å². The number of rotatable bonds is 3. The molecule has 0 spiro atoms. The van der Waals surface area contributed by atoms with Crippen molar-refractivity contribution in [3.8, 4) is 5.75 Å². The second-order valence-corrected chi connectivity index (χ2v) is 7.46. The molecule has 0 N–H and O–H groups in total. The molecule has 112 valence electrons. The van der Waals surface area contributed by atoms with Gasteiger partial charge in [-0.05, 0) is 18.9 Å². The summed E-state index contributed by atoms with van der Waals surface area (Å²) in [5, 5.41) is 0.376. The number of halogens is 2. The molecule has 1 aromatic carbocycles. The summed E-state index contributed by atoms with van der Waals surface area (Å²) in [6.45, 7) is 1.06. The SMILES string of the molecule is COc1cc(Cl)c(S(=O)(=O)N2CCCCCC2)cc1Cl. The Morgan fingerprint density at radius 1 is 1.05 bits per heavy atom. The van der Waals surface area contributed by atoms with Gasteiger partial charge in [-0.2, -0.15) is 4.31 Å². The van der Waals surface area contributed by atoms with Gasteiger partial charge in [0.25, 0.3) is 0 Å². The Balaban J connectivity index is 2.40. The molecule has 0 atom stereocenters. The maximum Gasteiger partial charge on any atom is 0.244 e. The van der Waals surface area contributed by atoms with Crippen LogP contribution in [0.5, 0.6) is 5.75 Å². The maximum absolute atomic E-state index is 12.7. The average Bonchev–Trinajstić information content (AvgIpc) is 2.70. The molecule has 0 saturated carbocycles. The minimum Gasteiger partial charge on any atom is -0.495 e. The van der Waals surface area contributed by atoms with E-state index in [2.05, 4.69) is 0 Å². The standard InChI is InChI=1S/C13H17Cl2NO3S/c1-19-12-8-11(15)13(9-10(12)14)20(17,18)16-6-4-2-3-5-7-16/h8-9H,2-7H2,1H3. The van der Waals surface area contributed by atoms with Crippen LogP contribution < -0.4 is 4.74 Å². The lowest BCUT2D eigenvalue weighted by Gasteiger charge is -2.21. The van der Waals surface area contributed by atoms with Crippen LogP contribution in [0.2, 0.25) is 10.0 Å². The lowest BCUT2D eigenvalue weighted by atomic mass is 10.2. The lowest BCUT2D eigenvalue weighted by molar-refractivity contribution is 0.413. The molecule has 1 fully saturated rings. The largest absolute Gasteiger partial charge is 0.495 e. The third-order valence-electron chi connectivity index (χ3n) is 3.39. The number of hydrogen-bond donors (Lipinski definition) is 0. The Hall–Kier alpha value is -0.490. The fourth-order valence-electron chi connectivity index (χ4n) is 2.29. The number of benzene rings is 1. The number of sulfonamides is 1. The third-order valence-corrected chi connectivity index (χ3v) is 6.05. The highest BCUT2D eigenvalue weighted by Gasteiger charge is 2.28. The van der Waals surface area contributed by atoms with Crippen molar-refractivity contribution in [3.63, 3.8) is 0 Å². The second kappa shape index (κ2) is 6.52. The quantitative estimate of drug-likeness (QED) is 0.846. The summed E-state index contributed by atoms with van der Waals surface area (Å²) in [7, 11) is -2.14. The van der Waals surface area contributed by atoms with Crippen molar-refractivity contribution >= 4 is 33.2 Å². The molecule has 0 amide bonds. The molecule has 0 radical (unpaired) electrons. The van der Waals surface area contributed by atoms with Gasteiger partial charge in [0.1, 0.15) is 10.6 Å². The van der Waals surface area contributed by atoms with Crippen LogP contribution in [0, 0.1) is 0 Å². The van der Waals surface area contributed by atoms with E-state index in [9.17, 15) is 8.42 Å². The van der Waals surface area contributed by atoms with E-state index in [1.54, 1.807) is 0 Å². The Labute approximate surface area is 129 Å². The smallest absolute Gasteiger partial charge is 0.244 e. The van der Waals surface area contributed by atoms with E-state index in [-0.39, 0.29) is 14.9 Å². The highest BCUT2D eigenvalue weighted by molar-refractivity contribution is 7.89. The summed E-state index contributed by atoms with van der Waals surface area (Å²) in [6.07, 6.45) is 3.87. The van der Waals surface area contributed by atoms with Gasteiger partial charge >= 0.3 is 0 Å². The van der Waals surface area contributed by atoms with Gasteiger partial charge in [0.15, 0.2) is 0 Å². The molecule has 1 aliphatic rings. The van der Waals surface area contributed by atoms with Crippen LogP contribution >= 0.6 is 23.2 Å². The first-order valence-corrected chi connectivity index (χ1v) is 8.69. The summed E-state index contributed by atoms with van der Waals surface area (Å²) in [5.74, 6) is 0.367. The van der Waals surface area contributed by atoms with Crippen molar-refractivity contribution in [2.75, 3.05) is 20.2 Å². The normalized spacial score (nSPS) is 17.8. The molecule has 0 bridgehead atoms. The van der Waals surface area contributed by atoms with Crippen LogP contribution in [0.4, 0.5) is 0 Å². The molecule has 1 aromatic rings. The van der Waals surface area contributed by atoms with E-state index in [1.807, 2.05) is 0 Å². The van der Waals surface area contributed by atoms with Crippen LogP contribution in [0.3, 0.4) is 0 Å². The first-order chi connectivity index (χ1) is 9.46. The molecule has 1 saturated heterocycles. The van der Waals surface area contributed by atoms with Gasteiger partial charge in [-0.25, -0.2) is 8.42 Å². The topological polar surface area (TPSA) is 46.6 Å². The van der Waals surface area contributed by atoms with Crippen LogP contribution in [-0.4, -0.2) is 32.9 Å². The van der Waals surface area contributed by atoms with Gasteiger partial charge < -0.3 is 4.74 Å². The highest BCUT2D eigenvalue weighted by Crippen LogP contribution is 2.35. The summed E-state index contributed by atoms with van der Waals surface area (Å²) >= 11 is 12.1. The van der Waals surface area contributed by atoms with Gasteiger partial charge in [0, 0.05) is 19.2 Å². The van der Waals surface area contributed by atoms with Gasteiger partial charge in [-0.1, -0.05) is 36.0 Å². The minimum absolute atomic E-state index is 0.0480. The summed E-state index contributed by atoms with van der Waals surface area (Å²) in [4.78, 5) is 0.0480. The van der Waals surface area contributed by atoms with Crippen LogP contribution in [0.25, 0.3) is 0 Å². The summed E-state index contributed by atoms with van der Waals surface area (Å²) in [6, 6.07) is 2.80. The summed E-state index contributed by atoms with van der Waals surface area (Å²) < 4.78 is 31.8. The third kappa shape index (κ3) is 3.22. The fraction of sp³-hybridized carbons (Fsp3) is 0.538. The predicted octanol–water partition coefficient (Wildman–Crippen LogP) is 3.57. The van der Waals surface area contributed by atoms with Gasteiger partial charge in [-0.15, -0.1) is 0 Å². The van der Waals surface area contributed by atoms with Crippen LogP contribution in [0.1, 0.15) is 25.7 Å². The average molecular weight is 338 g/mol. The second-order valence-electron chi connectivity index (χ2n) is 4.74. The number of nitrogens with zero attached hydrogens (tertiary/aromatic N) is 1. The molecule has 1 heterocycles. The zero-order valence-electron chi connectivity index (χ0n) is 11.2. The Morgan fingerprint density at radius 2 is 1.65 bits per heavy atom. The zero-order chi connectivity index (χ0) is 14.8. The first kappa shape index (κ1) is 15.9. The maximum atomic E-state index is 12.7. The van der Waals surface area contributed by atoms with Crippen molar-refractivity contribution < 1.29 is 13.2 Å². The van der Waals surface area contributed by atoms with Crippen LogP contribution in [-0.2, 0) is 10.0 Å². The fourth-order valence-corrected chi connectivity index (χ4v) is 4.63. The molecule has 4 nitrogen and oxygen atoms in total. The molecule has 0 aromatic heterocycles. The molecule has 0 aliphatic carbocycles. The van der Waals surface area contributed by atoms with E-state index in [0.717, 1.165) is 25.7 Å². The highest BCUT2D eigenvalue weighted by atomic mass is 35.5. The van der Waals surface area contributed by atoms with Gasteiger partial charge in [-0.3, -0.25) is 0 Å². The van der Waals surface area contributed by atoms with E-state index in [0.29, 0.717) is 18.8 Å². The van der Waals surface area contributed by atoms with Crippen molar-refractivity contribution in [1.82, 2.24) is 4.31 Å². The lowest BCUT2D eigenvalue weighted by Crippen LogP contribution is -2.32. The number of methoxy groups -OCH3 is 1. The molecule has 20 heavy (non-hydrogen) atoms. The summed E-state index contributed by atoms with van der Waals surface area (Å²) in [5.41, 5.74) is 0. The van der Waals surface area contributed by atoms with Crippen molar-refractivity contribution in [3.05, 3.63) is 22.2 Å². The van der Waals surface area contributed by atoms with E-state index >= 15 is 0 Å². The Bertz CT molecular complexity index is 582. The Kier molecular flexibility index (Phi) is 5.18. The molecule has 1 aliphatic heterocycles. The molecule has 7 heteroatoms. The van der Waals surface area contributed by atoms with Gasteiger partial charge in [0.05, 0.1) is 17.2 Å². The predicted molar refractivity (Wildman–Crippen MR) is 80.2 cm³/mol. The number of hydrogen-bond acceptors (Lipinski definition) is 3. The monoisotopic (exact) mass is 337 g/mol. The number of ether oxygens (including phenoxy) is 1. The van der Waals surface area contributed by atoms with E-state index in [4.69, 9.17) is 27.9 Å². The molecule has 0 unspecified atom stereocenters. The molecular weight excluding hydrogens is 321 g/mol. The van der Waals surface area contributed by atoms with E-state index in [1.165, 1.54) is 23.5 Å². The molecule has 2 rings (SSSR count). The molecular formula is C13H17Cl2NO3S. The van der Waals surface area contributed by atoms with Crippen molar-refractivity contribution in [1.29, 1.82) is 0 Å². The van der Waals surface area contributed by atoms with Gasteiger partial charge in [0.2, 0.25) is 10.0 Å². The van der Waals surface area contributed by atoms with E-state index < -0.39 is 10.0 Å². The van der Waals surface area contributed by atoms with Crippen molar-refractivity contribution in [2.45, 2.75) is 30.6 Å². The Morgan fingerprint density at radius 3 is 2.20 bits per heavy atom. The zero-order valence-corrected chi connectivity index (χ0v) is 13.6. The minimum atomic E-state index is -3.60. The van der Waals surface area contributed by atoms with Crippen molar-refractivity contribution in [2.24, 2.45) is 0 Å².